The molecular formula is C6H12N2O2. The van der Waals surface area contributed by atoms with Gasteiger partial charge in [-0.3, -0.25) is 5.41 Å². The summed E-state index contributed by atoms with van der Waals surface area (Å²) in [4.78, 5) is 0. The Hall–Kier alpha value is -0.900. The first-order valence-corrected chi connectivity index (χ1v) is 3.10. The van der Waals surface area contributed by atoms with Crippen LogP contribution in [0, 0.1) is 10.8 Å². The quantitative estimate of drug-likeness (QED) is 0.338. The molecular weight excluding hydrogens is 132 g/mol. The van der Waals surface area contributed by atoms with Crippen LogP contribution in [-0.2, 0) is 9.47 Å². The number of rotatable bonds is 5. The third-order valence-electron chi connectivity index (χ3n) is 0.820. The minimum atomic E-state index is -0.125. The molecule has 2 N–H and O–H groups in total. The maximum atomic E-state index is 6.85. The van der Waals surface area contributed by atoms with Gasteiger partial charge >= 0.3 is 0 Å². The summed E-state index contributed by atoms with van der Waals surface area (Å²) in [5.41, 5.74) is 0. The van der Waals surface area contributed by atoms with Gasteiger partial charge in [0.15, 0.2) is 0 Å². The Morgan fingerprint density at radius 3 is 2.70 bits per heavy atom. The molecule has 0 aliphatic rings. The van der Waals surface area contributed by atoms with Gasteiger partial charge in [-0.25, -0.2) is 0 Å². The van der Waals surface area contributed by atoms with Crippen LogP contribution in [0.5, 0.6) is 0 Å². The van der Waals surface area contributed by atoms with Gasteiger partial charge < -0.3 is 14.9 Å². The van der Waals surface area contributed by atoms with Crippen LogP contribution < -0.4 is 0 Å². The number of nitrogens with one attached hydrogen (secondary N) is 2. The van der Waals surface area contributed by atoms with Gasteiger partial charge in [0, 0.05) is 6.61 Å². The van der Waals surface area contributed by atoms with Crippen molar-refractivity contribution < 1.29 is 9.47 Å². The van der Waals surface area contributed by atoms with Crippen molar-refractivity contribution in [3.8, 4) is 0 Å². The van der Waals surface area contributed by atoms with Crippen molar-refractivity contribution >= 4 is 12.1 Å². The van der Waals surface area contributed by atoms with Gasteiger partial charge in [-0.1, -0.05) is 0 Å². The fourth-order valence-electron chi connectivity index (χ4n) is 0.397. The van der Waals surface area contributed by atoms with E-state index in [1.165, 1.54) is 0 Å². The molecule has 0 saturated carbocycles. The second-order valence-corrected chi connectivity index (χ2v) is 1.55. The van der Waals surface area contributed by atoms with Crippen LogP contribution in [0.4, 0.5) is 0 Å². The lowest BCUT2D eigenvalue weighted by atomic mass is 10.7. The lowest BCUT2D eigenvalue weighted by Gasteiger charge is -2.01. The number of hydrogen-bond acceptors (Lipinski definition) is 4. The summed E-state index contributed by atoms with van der Waals surface area (Å²) >= 11 is 0. The Labute approximate surface area is 60.2 Å². The van der Waals surface area contributed by atoms with Gasteiger partial charge in [0.25, 0.3) is 0 Å². The lowest BCUT2D eigenvalue weighted by molar-refractivity contribution is 0.107. The zero-order valence-electron chi connectivity index (χ0n) is 6.02. The van der Waals surface area contributed by atoms with Crippen molar-refractivity contribution in [3.05, 3.63) is 0 Å². The van der Waals surface area contributed by atoms with E-state index in [2.05, 4.69) is 0 Å². The predicted molar refractivity (Wildman–Crippen MR) is 39.0 cm³/mol. The van der Waals surface area contributed by atoms with Crippen LogP contribution in [0.25, 0.3) is 0 Å². The van der Waals surface area contributed by atoms with E-state index in [4.69, 9.17) is 20.3 Å². The summed E-state index contributed by atoms with van der Waals surface area (Å²) < 4.78 is 9.64. The van der Waals surface area contributed by atoms with Gasteiger partial charge in [0.05, 0.1) is 12.8 Å². The minimum Gasteiger partial charge on any atom is -0.475 e. The Bertz CT molecular complexity index is 114. The third-order valence-corrected chi connectivity index (χ3v) is 0.820. The molecule has 10 heavy (non-hydrogen) atoms. The molecule has 0 fully saturated rings. The molecule has 0 aromatic carbocycles. The molecule has 0 saturated heterocycles. The smallest absolute Gasteiger partial charge is 0.224 e. The monoisotopic (exact) mass is 144 g/mol. The normalized spacial score (nSPS) is 8.90. The maximum Gasteiger partial charge on any atom is 0.224 e. The van der Waals surface area contributed by atoms with E-state index in [1.54, 1.807) is 0 Å². The molecule has 0 aliphatic heterocycles. The molecule has 0 aromatic heterocycles. The largest absolute Gasteiger partial charge is 0.475 e. The summed E-state index contributed by atoms with van der Waals surface area (Å²) in [6.07, 6.45) is 0.853. The van der Waals surface area contributed by atoms with Crippen molar-refractivity contribution in [2.24, 2.45) is 0 Å². The third kappa shape index (κ3) is 5.24. The maximum absolute atomic E-state index is 6.85. The summed E-state index contributed by atoms with van der Waals surface area (Å²) in [5.74, 6) is -0.125. The second-order valence-electron chi connectivity index (χ2n) is 1.55. The average molecular weight is 144 g/mol. The zero-order valence-corrected chi connectivity index (χ0v) is 6.02. The molecule has 0 aliphatic carbocycles. The molecule has 0 bridgehead atoms. The molecule has 0 rings (SSSR count). The lowest BCUT2D eigenvalue weighted by Crippen LogP contribution is -2.09. The van der Waals surface area contributed by atoms with E-state index in [9.17, 15) is 0 Å². The van der Waals surface area contributed by atoms with Crippen LogP contribution >= 0.6 is 0 Å². The first-order chi connectivity index (χ1) is 4.81. The van der Waals surface area contributed by atoms with Crippen LogP contribution in [0.1, 0.15) is 6.92 Å². The van der Waals surface area contributed by atoms with Crippen LogP contribution in [0.2, 0.25) is 0 Å². The van der Waals surface area contributed by atoms with Crippen molar-refractivity contribution in [1.82, 2.24) is 0 Å². The Morgan fingerprint density at radius 2 is 2.20 bits per heavy atom. The van der Waals surface area contributed by atoms with E-state index in [1.807, 2.05) is 6.92 Å². The van der Waals surface area contributed by atoms with Crippen LogP contribution in [-0.4, -0.2) is 31.9 Å². The van der Waals surface area contributed by atoms with Gasteiger partial charge in [-0.15, -0.1) is 0 Å². The summed E-state index contributed by atoms with van der Waals surface area (Å²) in [6, 6.07) is 0. The van der Waals surface area contributed by atoms with Crippen molar-refractivity contribution in [1.29, 1.82) is 10.8 Å². The first-order valence-electron chi connectivity index (χ1n) is 3.10. The van der Waals surface area contributed by atoms with E-state index in [-0.39, 0.29) is 5.90 Å². The molecule has 0 atom stereocenters. The highest BCUT2D eigenvalue weighted by molar-refractivity contribution is 6.23. The summed E-state index contributed by atoms with van der Waals surface area (Å²) in [5, 5.41) is 13.4. The van der Waals surface area contributed by atoms with Crippen LogP contribution in [0.3, 0.4) is 0 Å². The molecule has 0 spiro atoms. The van der Waals surface area contributed by atoms with Crippen molar-refractivity contribution in [2.45, 2.75) is 6.92 Å². The van der Waals surface area contributed by atoms with Crippen molar-refractivity contribution in [3.63, 3.8) is 0 Å². The predicted octanol–water partition coefficient (Wildman–Crippen LogP) is 0.666. The SMILES string of the molecule is CCOCCOC(=N)C=N. The molecule has 0 aromatic rings. The summed E-state index contributed by atoms with van der Waals surface area (Å²) in [7, 11) is 0. The van der Waals surface area contributed by atoms with Gasteiger partial charge in [0.1, 0.15) is 6.61 Å². The van der Waals surface area contributed by atoms with Crippen LogP contribution in [0.15, 0.2) is 0 Å². The highest BCUT2D eigenvalue weighted by Crippen LogP contribution is 1.77. The minimum absolute atomic E-state index is 0.125. The molecule has 0 amide bonds. The molecule has 0 unspecified atom stereocenters. The molecule has 4 nitrogen and oxygen atoms in total. The molecule has 4 heteroatoms. The average Bonchev–Trinajstić information content (AvgIpc) is 1.98. The van der Waals surface area contributed by atoms with E-state index in [0.29, 0.717) is 19.8 Å². The molecule has 0 heterocycles. The topological polar surface area (TPSA) is 66.2 Å². The highest BCUT2D eigenvalue weighted by Gasteiger charge is 1.89. The first kappa shape index (κ1) is 9.10. The highest BCUT2D eigenvalue weighted by atomic mass is 16.5. The Kier molecular flexibility index (Phi) is 5.66. The zero-order chi connectivity index (χ0) is 7.82. The molecule has 58 valence electrons. The molecule has 0 radical (unpaired) electrons. The second kappa shape index (κ2) is 6.22. The van der Waals surface area contributed by atoms with Gasteiger partial charge in [-0.05, 0) is 6.92 Å². The summed E-state index contributed by atoms with van der Waals surface area (Å²) in [6.45, 7) is 3.37. The fourth-order valence-corrected chi connectivity index (χ4v) is 0.397. The Morgan fingerprint density at radius 1 is 1.50 bits per heavy atom. The van der Waals surface area contributed by atoms with E-state index < -0.39 is 0 Å². The number of hydrogen-bond donors (Lipinski definition) is 2. The van der Waals surface area contributed by atoms with Crippen molar-refractivity contribution in [2.75, 3.05) is 19.8 Å². The standard InChI is InChI=1S/C6H12N2O2/c1-2-9-3-4-10-6(8)5-7/h5,7-8H,2-4H2,1H3. The fraction of sp³-hybridized carbons (Fsp3) is 0.667. The van der Waals surface area contributed by atoms with Gasteiger partial charge in [-0.2, -0.15) is 0 Å². The number of ether oxygens (including phenoxy) is 2. The van der Waals surface area contributed by atoms with Gasteiger partial charge in [0.2, 0.25) is 5.90 Å². The van der Waals surface area contributed by atoms with E-state index in [0.717, 1.165) is 6.21 Å². The van der Waals surface area contributed by atoms with E-state index >= 15 is 0 Å². The Balaban J connectivity index is 3.03.